The van der Waals surface area contributed by atoms with Crippen molar-refractivity contribution in [3.63, 3.8) is 0 Å². The lowest BCUT2D eigenvalue weighted by Gasteiger charge is -2.44. The molecule has 0 heterocycles. The second kappa shape index (κ2) is 1.77. The minimum Gasteiger partial charge on any atom is -0.299 e. The first-order valence-corrected chi connectivity index (χ1v) is 4.28. The van der Waals surface area contributed by atoms with E-state index in [4.69, 9.17) is 0 Å². The third-order valence-electron chi connectivity index (χ3n) is 3.27. The zero-order chi connectivity index (χ0) is 8.11. The molecule has 1 nitrogen and oxygen atoms in total. The summed E-state index contributed by atoms with van der Waals surface area (Å²) in [5.74, 6) is 0.439. The fourth-order valence-electron chi connectivity index (χ4n) is 2.05. The monoisotopic (exact) mass is 150 g/mol. The molecular weight excluding hydrogens is 136 g/mol. The van der Waals surface area contributed by atoms with Crippen LogP contribution in [0.2, 0.25) is 0 Å². The van der Waals surface area contributed by atoms with Crippen molar-refractivity contribution < 1.29 is 4.79 Å². The summed E-state index contributed by atoms with van der Waals surface area (Å²) in [6, 6.07) is 0. The molecule has 0 unspecified atom stereocenters. The standard InChI is InChI=1S/C10H14O/c1-9-3-5-10(2,6-4-9)8(11)7-9/h3,5H,4,6-7H2,1-2H3/t9-,10+/m0/s1. The Hall–Kier alpha value is -0.590. The van der Waals surface area contributed by atoms with Crippen molar-refractivity contribution in [2.24, 2.45) is 10.8 Å². The topological polar surface area (TPSA) is 17.1 Å². The summed E-state index contributed by atoms with van der Waals surface area (Å²) in [6.45, 7) is 4.24. The molecule has 3 aliphatic carbocycles. The molecule has 0 aromatic heterocycles. The molecule has 1 fully saturated rings. The van der Waals surface area contributed by atoms with Gasteiger partial charge in [0.2, 0.25) is 0 Å². The third-order valence-corrected chi connectivity index (χ3v) is 3.27. The highest BCUT2D eigenvalue weighted by molar-refractivity contribution is 5.89. The molecule has 0 spiro atoms. The average molecular weight is 150 g/mol. The van der Waals surface area contributed by atoms with Gasteiger partial charge >= 0.3 is 0 Å². The number of rotatable bonds is 0. The molecule has 1 saturated carbocycles. The van der Waals surface area contributed by atoms with Crippen LogP contribution in [0.4, 0.5) is 0 Å². The predicted octanol–water partition coefficient (Wildman–Crippen LogP) is 2.32. The van der Waals surface area contributed by atoms with Crippen LogP contribution in [0.15, 0.2) is 12.2 Å². The number of fused-ring (bicyclic) bond motifs is 2. The summed E-state index contributed by atoms with van der Waals surface area (Å²) >= 11 is 0. The Morgan fingerprint density at radius 1 is 1.27 bits per heavy atom. The molecule has 0 amide bonds. The Kier molecular flexibility index (Phi) is 1.14. The quantitative estimate of drug-likeness (QED) is 0.484. The van der Waals surface area contributed by atoms with Gasteiger partial charge in [-0.1, -0.05) is 19.1 Å². The highest BCUT2D eigenvalue weighted by atomic mass is 16.1. The lowest BCUT2D eigenvalue weighted by Crippen LogP contribution is -2.41. The van der Waals surface area contributed by atoms with Crippen molar-refractivity contribution in [3.8, 4) is 0 Å². The van der Waals surface area contributed by atoms with Crippen molar-refractivity contribution in [1.29, 1.82) is 0 Å². The molecule has 0 aromatic rings. The summed E-state index contributed by atoms with van der Waals surface area (Å²) in [5, 5.41) is 0. The van der Waals surface area contributed by atoms with E-state index < -0.39 is 0 Å². The molecule has 2 bridgehead atoms. The van der Waals surface area contributed by atoms with E-state index >= 15 is 0 Å². The normalized spacial score (nSPS) is 48.4. The van der Waals surface area contributed by atoms with Gasteiger partial charge < -0.3 is 0 Å². The van der Waals surface area contributed by atoms with Crippen molar-refractivity contribution in [3.05, 3.63) is 12.2 Å². The number of ketones is 1. The first-order valence-electron chi connectivity index (χ1n) is 4.28. The SMILES string of the molecule is C[C@]12C=C[C@](C)(CC1)C(=O)C2. The van der Waals surface area contributed by atoms with E-state index in [0.29, 0.717) is 5.78 Å². The summed E-state index contributed by atoms with van der Waals surface area (Å²) in [7, 11) is 0. The van der Waals surface area contributed by atoms with Crippen LogP contribution in [0, 0.1) is 10.8 Å². The Bertz CT molecular complexity index is 241. The maximum atomic E-state index is 11.5. The Morgan fingerprint density at radius 2 is 2.00 bits per heavy atom. The summed E-state index contributed by atoms with van der Waals surface area (Å²) in [4.78, 5) is 11.5. The number of carbonyl (C=O) groups excluding carboxylic acids is 1. The average Bonchev–Trinajstić information content (AvgIpc) is 1.94. The van der Waals surface area contributed by atoms with Gasteiger partial charge in [-0.05, 0) is 25.2 Å². The van der Waals surface area contributed by atoms with Crippen LogP contribution in [0.25, 0.3) is 0 Å². The van der Waals surface area contributed by atoms with Crippen LogP contribution in [-0.2, 0) is 4.79 Å². The van der Waals surface area contributed by atoms with Gasteiger partial charge in [0.1, 0.15) is 5.78 Å². The third kappa shape index (κ3) is 0.867. The Balaban J connectivity index is 2.44. The molecule has 11 heavy (non-hydrogen) atoms. The smallest absolute Gasteiger partial charge is 0.143 e. The molecule has 0 saturated heterocycles. The minimum absolute atomic E-state index is 0.0994. The fraction of sp³-hybridized carbons (Fsp3) is 0.700. The van der Waals surface area contributed by atoms with Crippen LogP contribution in [0.5, 0.6) is 0 Å². The molecule has 0 radical (unpaired) electrons. The highest BCUT2D eigenvalue weighted by Gasteiger charge is 2.45. The molecule has 0 N–H and O–H groups in total. The van der Waals surface area contributed by atoms with Crippen molar-refractivity contribution in [2.45, 2.75) is 33.1 Å². The molecule has 0 aliphatic heterocycles. The van der Waals surface area contributed by atoms with Gasteiger partial charge in [-0.2, -0.15) is 0 Å². The lowest BCUT2D eigenvalue weighted by molar-refractivity contribution is -0.131. The van der Waals surface area contributed by atoms with Gasteiger partial charge in [0.15, 0.2) is 0 Å². The maximum absolute atomic E-state index is 11.5. The van der Waals surface area contributed by atoms with E-state index in [1.54, 1.807) is 0 Å². The summed E-state index contributed by atoms with van der Waals surface area (Å²) < 4.78 is 0. The molecule has 3 aliphatic rings. The number of Topliss-reactive ketones (excluding diaryl/α,β-unsaturated/α-hetero) is 1. The molecule has 0 aromatic carbocycles. The van der Waals surface area contributed by atoms with Gasteiger partial charge in [-0.15, -0.1) is 0 Å². The van der Waals surface area contributed by atoms with E-state index in [2.05, 4.69) is 26.0 Å². The zero-order valence-corrected chi connectivity index (χ0v) is 7.18. The summed E-state index contributed by atoms with van der Waals surface area (Å²) in [5.41, 5.74) is 0.104. The molecule has 3 rings (SSSR count). The highest BCUT2D eigenvalue weighted by Crippen LogP contribution is 2.49. The van der Waals surface area contributed by atoms with Crippen LogP contribution in [0.3, 0.4) is 0 Å². The maximum Gasteiger partial charge on any atom is 0.143 e. The number of hydrogen-bond acceptors (Lipinski definition) is 1. The molecular formula is C10H14O. The second-order valence-electron chi connectivity index (χ2n) is 4.50. The van der Waals surface area contributed by atoms with Crippen LogP contribution < -0.4 is 0 Å². The van der Waals surface area contributed by atoms with E-state index in [9.17, 15) is 4.79 Å². The minimum atomic E-state index is -0.0994. The van der Waals surface area contributed by atoms with E-state index in [-0.39, 0.29) is 10.8 Å². The molecule has 1 heteroatoms. The van der Waals surface area contributed by atoms with E-state index in [1.165, 1.54) is 6.42 Å². The van der Waals surface area contributed by atoms with E-state index in [1.807, 2.05) is 0 Å². The van der Waals surface area contributed by atoms with Gasteiger partial charge in [-0.25, -0.2) is 0 Å². The summed E-state index contributed by atoms with van der Waals surface area (Å²) in [6.07, 6.45) is 7.35. The van der Waals surface area contributed by atoms with Crippen LogP contribution in [0.1, 0.15) is 33.1 Å². The Morgan fingerprint density at radius 3 is 2.36 bits per heavy atom. The van der Waals surface area contributed by atoms with Crippen LogP contribution in [-0.4, -0.2) is 5.78 Å². The van der Waals surface area contributed by atoms with Gasteiger partial charge in [0.05, 0.1) is 0 Å². The fourth-order valence-corrected chi connectivity index (χ4v) is 2.05. The first-order chi connectivity index (χ1) is 5.04. The number of allylic oxidation sites excluding steroid dienone is 2. The van der Waals surface area contributed by atoms with Crippen LogP contribution >= 0.6 is 0 Å². The first kappa shape index (κ1) is 7.08. The van der Waals surface area contributed by atoms with E-state index in [0.717, 1.165) is 12.8 Å². The number of hydrogen-bond donors (Lipinski definition) is 0. The molecule has 60 valence electrons. The Labute approximate surface area is 67.5 Å². The lowest BCUT2D eigenvalue weighted by atomic mass is 9.59. The van der Waals surface area contributed by atoms with Gasteiger partial charge in [0, 0.05) is 11.8 Å². The van der Waals surface area contributed by atoms with Crippen molar-refractivity contribution in [2.75, 3.05) is 0 Å². The van der Waals surface area contributed by atoms with Crippen molar-refractivity contribution in [1.82, 2.24) is 0 Å². The second-order valence-corrected chi connectivity index (χ2v) is 4.50. The predicted molar refractivity (Wildman–Crippen MR) is 44.2 cm³/mol. The van der Waals surface area contributed by atoms with Gasteiger partial charge in [0.25, 0.3) is 0 Å². The number of carbonyl (C=O) groups is 1. The van der Waals surface area contributed by atoms with Gasteiger partial charge in [-0.3, -0.25) is 4.79 Å². The largest absolute Gasteiger partial charge is 0.299 e. The van der Waals surface area contributed by atoms with Crippen molar-refractivity contribution >= 4 is 5.78 Å². The molecule has 2 atom stereocenters. The zero-order valence-electron chi connectivity index (χ0n) is 7.18.